The number of nitroso groups, excluding NO2 is 1. The number of anilines is 1. The summed E-state index contributed by atoms with van der Waals surface area (Å²) in [4.78, 5) is 11.1. The van der Waals surface area contributed by atoms with Crippen molar-refractivity contribution in [3.63, 3.8) is 0 Å². The molecule has 0 fully saturated rings. The SMILES string of the molecule is O=Nc1c(O)n(Cc2cccc(N([O-])O)c2)c2ccc(OC(F)(F)F)cc12. The zero-order valence-electron chi connectivity index (χ0n) is 13.3. The number of aromatic nitrogens is 1. The van der Waals surface area contributed by atoms with Gasteiger partial charge in [0.05, 0.1) is 17.7 Å². The zero-order chi connectivity index (χ0) is 19.8. The third kappa shape index (κ3) is 3.78. The van der Waals surface area contributed by atoms with Crippen LogP contribution in [0.15, 0.2) is 47.6 Å². The largest absolute Gasteiger partial charge is 0.733 e. The number of aromatic hydroxyl groups is 1. The lowest BCUT2D eigenvalue weighted by Gasteiger charge is -2.22. The Balaban J connectivity index is 2.07. The summed E-state index contributed by atoms with van der Waals surface area (Å²) in [5.41, 5.74) is 0.201. The maximum absolute atomic E-state index is 12.4. The first-order chi connectivity index (χ1) is 12.7. The van der Waals surface area contributed by atoms with Crippen molar-refractivity contribution in [1.29, 1.82) is 0 Å². The number of alkyl halides is 3. The molecule has 2 aromatic carbocycles. The van der Waals surface area contributed by atoms with Crippen molar-refractivity contribution < 1.29 is 28.2 Å². The number of ether oxygens (including phenoxy) is 1. The van der Waals surface area contributed by atoms with Crippen LogP contribution in [0.3, 0.4) is 0 Å². The van der Waals surface area contributed by atoms with E-state index in [1.54, 1.807) is 6.07 Å². The third-order valence-corrected chi connectivity index (χ3v) is 3.78. The number of hydrogen-bond donors (Lipinski definition) is 2. The third-order valence-electron chi connectivity index (χ3n) is 3.78. The minimum atomic E-state index is -4.91. The fourth-order valence-electron chi connectivity index (χ4n) is 2.71. The second kappa shape index (κ2) is 6.78. The van der Waals surface area contributed by atoms with E-state index in [0.717, 1.165) is 12.1 Å². The van der Waals surface area contributed by atoms with Gasteiger partial charge in [0, 0.05) is 5.39 Å². The van der Waals surface area contributed by atoms with Crippen molar-refractivity contribution in [2.45, 2.75) is 12.9 Å². The molecule has 3 aromatic rings. The van der Waals surface area contributed by atoms with Gasteiger partial charge in [0.25, 0.3) is 0 Å². The van der Waals surface area contributed by atoms with Gasteiger partial charge in [0.15, 0.2) is 5.69 Å². The maximum Gasteiger partial charge on any atom is 0.573 e. The highest BCUT2D eigenvalue weighted by Crippen LogP contribution is 2.41. The van der Waals surface area contributed by atoms with Gasteiger partial charge >= 0.3 is 6.36 Å². The van der Waals surface area contributed by atoms with Gasteiger partial charge in [-0.25, -0.2) is 0 Å². The number of halogens is 3. The molecule has 27 heavy (non-hydrogen) atoms. The molecule has 0 amide bonds. The van der Waals surface area contributed by atoms with E-state index < -0.39 is 23.7 Å². The molecule has 2 N–H and O–H groups in total. The average Bonchev–Trinajstić information content (AvgIpc) is 2.84. The highest BCUT2D eigenvalue weighted by atomic mass is 19.4. The lowest BCUT2D eigenvalue weighted by atomic mass is 10.2. The summed E-state index contributed by atoms with van der Waals surface area (Å²) in [6.45, 7) is -0.0427. The summed E-state index contributed by atoms with van der Waals surface area (Å²) in [5.74, 6) is -1.13. The number of rotatable bonds is 5. The van der Waals surface area contributed by atoms with Crippen molar-refractivity contribution >= 4 is 22.3 Å². The topological polar surface area (TPSA) is 110 Å². The van der Waals surface area contributed by atoms with Crippen molar-refractivity contribution in [3.8, 4) is 11.6 Å². The molecule has 0 aliphatic rings. The molecule has 0 unspecified atom stereocenters. The number of nitrogens with zero attached hydrogens (tertiary/aromatic N) is 3. The molecule has 0 bridgehead atoms. The molecule has 0 aliphatic heterocycles. The summed E-state index contributed by atoms with van der Waals surface area (Å²) in [5, 5.41) is 32.5. The molecule has 0 radical (unpaired) electrons. The number of hydrogen-bond acceptors (Lipinski definition) is 7. The van der Waals surface area contributed by atoms with Crippen LogP contribution in [0.25, 0.3) is 10.9 Å². The minimum absolute atomic E-state index is 0.0342. The maximum atomic E-state index is 12.4. The molecule has 11 heteroatoms. The first-order valence-electron chi connectivity index (χ1n) is 7.39. The molecule has 0 spiro atoms. The van der Waals surface area contributed by atoms with Gasteiger partial charge < -0.3 is 24.8 Å². The Hall–Kier alpha value is -3.31. The first kappa shape index (κ1) is 18.5. The molecule has 0 atom stereocenters. The van der Waals surface area contributed by atoms with Gasteiger partial charge in [-0.05, 0) is 41.1 Å². The molecule has 8 nitrogen and oxygen atoms in total. The Labute approximate surface area is 149 Å². The molecule has 0 aliphatic carbocycles. The predicted molar refractivity (Wildman–Crippen MR) is 88.9 cm³/mol. The van der Waals surface area contributed by atoms with Crippen LogP contribution in [-0.4, -0.2) is 21.2 Å². The molecular formula is C16H11F3N3O5-. The van der Waals surface area contributed by atoms with Crippen molar-refractivity contribution in [2.75, 3.05) is 5.23 Å². The average molecular weight is 382 g/mol. The number of benzene rings is 2. The van der Waals surface area contributed by atoms with E-state index in [1.807, 2.05) is 0 Å². The van der Waals surface area contributed by atoms with Gasteiger partial charge in [-0.2, -0.15) is 0 Å². The van der Waals surface area contributed by atoms with E-state index in [0.29, 0.717) is 5.56 Å². The first-order valence-corrected chi connectivity index (χ1v) is 7.39. The fraction of sp³-hybridized carbons (Fsp3) is 0.125. The van der Waals surface area contributed by atoms with Crippen LogP contribution in [0.2, 0.25) is 0 Å². The highest BCUT2D eigenvalue weighted by Gasteiger charge is 2.31. The van der Waals surface area contributed by atoms with Gasteiger partial charge in [-0.15, -0.1) is 18.1 Å². The van der Waals surface area contributed by atoms with E-state index in [1.165, 1.54) is 28.8 Å². The molecule has 142 valence electrons. The van der Waals surface area contributed by atoms with Crippen LogP contribution in [0.1, 0.15) is 5.56 Å². The van der Waals surface area contributed by atoms with Crippen LogP contribution in [0.5, 0.6) is 11.6 Å². The highest BCUT2D eigenvalue weighted by molar-refractivity contribution is 5.96. The molecule has 3 rings (SSSR count). The van der Waals surface area contributed by atoms with Crippen LogP contribution < -0.4 is 9.96 Å². The van der Waals surface area contributed by atoms with E-state index >= 15 is 0 Å². The van der Waals surface area contributed by atoms with E-state index in [2.05, 4.69) is 9.91 Å². The number of fused-ring (bicyclic) bond motifs is 1. The molecule has 1 aromatic heterocycles. The van der Waals surface area contributed by atoms with Crippen LogP contribution in [-0.2, 0) is 6.54 Å². The van der Waals surface area contributed by atoms with E-state index in [9.17, 15) is 28.4 Å². The zero-order valence-corrected chi connectivity index (χ0v) is 13.3. The molecule has 0 saturated carbocycles. The summed E-state index contributed by atoms with van der Waals surface area (Å²) in [6, 6.07) is 8.98. The Morgan fingerprint density at radius 3 is 2.59 bits per heavy atom. The summed E-state index contributed by atoms with van der Waals surface area (Å²) in [7, 11) is 0. The quantitative estimate of drug-likeness (QED) is 0.500. The monoisotopic (exact) mass is 382 g/mol. The van der Waals surface area contributed by atoms with Crippen molar-refractivity contribution in [3.05, 3.63) is 58.1 Å². The Kier molecular flexibility index (Phi) is 4.64. The summed E-state index contributed by atoms with van der Waals surface area (Å²) >= 11 is 0. The van der Waals surface area contributed by atoms with E-state index in [4.69, 9.17) is 5.21 Å². The predicted octanol–water partition coefficient (Wildman–Crippen LogP) is 4.39. The minimum Gasteiger partial charge on any atom is -0.733 e. The fourth-order valence-corrected chi connectivity index (χ4v) is 2.71. The summed E-state index contributed by atoms with van der Waals surface area (Å²) < 4.78 is 42.2. The second-order valence-corrected chi connectivity index (χ2v) is 5.52. The van der Waals surface area contributed by atoms with E-state index in [-0.39, 0.29) is 28.4 Å². The van der Waals surface area contributed by atoms with Gasteiger partial charge in [0.1, 0.15) is 5.75 Å². The van der Waals surface area contributed by atoms with Crippen LogP contribution in [0, 0.1) is 10.1 Å². The van der Waals surface area contributed by atoms with Crippen LogP contribution >= 0.6 is 0 Å². The lowest BCUT2D eigenvalue weighted by Crippen LogP contribution is -2.17. The Morgan fingerprint density at radius 2 is 1.96 bits per heavy atom. The molecular weight excluding hydrogens is 371 g/mol. The van der Waals surface area contributed by atoms with Gasteiger partial charge in [0.2, 0.25) is 5.88 Å². The van der Waals surface area contributed by atoms with Crippen molar-refractivity contribution in [1.82, 2.24) is 4.57 Å². The molecule has 1 heterocycles. The van der Waals surface area contributed by atoms with Gasteiger partial charge in [-0.3, -0.25) is 5.21 Å². The van der Waals surface area contributed by atoms with Crippen LogP contribution in [0.4, 0.5) is 24.5 Å². The standard InChI is InChI=1S/C16H11F3N3O5/c17-16(18,19)27-11-4-5-13-12(7-11)14(20-24)15(23)21(13)8-9-2-1-3-10(6-9)22(25)26/h1-7,23,25H,8H2/q-1. The van der Waals surface area contributed by atoms with Crippen molar-refractivity contribution in [2.24, 2.45) is 5.18 Å². The second-order valence-electron chi connectivity index (χ2n) is 5.52. The Bertz CT molecular complexity index is 1000. The Morgan fingerprint density at radius 1 is 1.22 bits per heavy atom. The lowest BCUT2D eigenvalue weighted by molar-refractivity contribution is -0.274. The normalized spacial score (nSPS) is 11.6. The summed E-state index contributed by atoms with van der Waals surface area (Å²) in [6.07, 6.45) is -4.91. The molecule has 0 saturated heterocycles. The smallest absolute Gasteiger partial charge is 0.573 e. The van der Waals surface area contributed by atoms with Gasteiger partial charge in [-0.1, -0.05) is 12.1 Å².